The Morgan fingerprint density at radius 3 is 2.43 bits per heavy atom. The molecule has 0 aromatic heterocycles. The monoisotopic (exact) mass is 233 g/mol. The summed E-state index contributed by atoms with van der Waals surface area (Å²) < 4.78 is 35.5. The van der Waals surface area contributed by atoms with Crippen LogP contribution in [0.25, 0.3) is 0 Å². The lowest BCUT2D eigenvalue weighted by Gasteiger charge is -2.16. The first kappa shape index (κ1) is 13.5. The summed E-state index contributed by atoms with van der Waals surface area (Å²) in [6, 6.07) is 0. The molecule has 1 fully saturated rings. The second-order valence-electron chi connectivity index (χ2n) is 3.17. The molecule has 0 spiro atoms. The highest BCUT2D eigenvalue weighted by Gasteiger charge is 2.36. The van der Waals surface area contributed by atoms with Crippen LogP contribution >= 0.6 is 12.4 Å². The molecule has 0 aromatic rings. The van der Waals surface area contributed by atoms with Gasteiger partial charge in [-0.3, -0.25) is 9.69 Å². The van der Waals surface area contributed by atoms with Crippen LogP contribution in [-0.2, 0) is 4.79 Å². The Labute approximate surface area is 85.3 Å². The van der Waals surface area contributed by atoms with E-state index in [1.54, 1.807) is 0 Å². The summed E-state index contributed by atoms with van der Waals surface area (Å²) in [6.07, 6.45) is -3.92. The number of halogens is 4. The minimum atomic E-state index is -4.23. The van der Waals surface area contributed by atoms with Gasteiger partial charge in [-0.25, -0.2) is 0 Å². The zero-order valence-electron chi connectivity index (χ0n) is 7.25. The number of carbonyl (C=O) groups is 1. The van der Waals surface area contributed by atoms with Crippen molar-refractivity contribution < 1.29 is 23.1 Å². The van der Waals surface area contributed by atoms with Crippen molar-refractivity contribution in [2.45, 2.75) is 12.6 Å². The van der Waals surface area contributed by atoms with E-state index in [-0.39, 0.29) is 25.5 Å². The van der Waals surface area contributed by atoms with Crippen LogP contribution in [0.2, 0.25) is 0 Å². The largest absolute Gasteiger partial charge is 0.481 e. The smallest absolute Gasteiger partial charge is 0.401 e. The van der Waals surface area contributed by atoms with Crippen molar-refractivity contribution in [3.8, 4) is 0 Å². The first-order valence-electron chi connectivity index (χ1n) is 3.90. The first-order valence-corrected chi connectivity index (χ1v) is 3.90. The minimum absolute atomic E-state index is 0. The van der Waals surface area contributed by atoms with Gasteiger partial charge in [-0.1, -0.05) is 0 Å². The van der Waals surface area contributed by atoms with Crippen LogP contribution in [-0.4, -0.2) is 41.8 Å². The maximum atomic E-state index is 11.8. The zero-order chi connectivity index (χ0) is 10.1. The lowest BCUT2D eigenvalue weighted by atomic mass is 10.1. The van der Waals surface area contributed by atoms with E-state index in [1.165, 1.54) is 0 Å². The molecule has 1 saturated heterocycles. The summed E-state index contributed by atoms with van der Waals surface area (Å²) in [4.78, 5) is 11.5. The van der Waals surface area contributed by atoms with Gasteiger partial charge in [0.2, 0.25) is 0 Å². The molecule has 0 bridgehead atoms. The second-order valence-corrected chi connectivity index (χ2v) is 3.17. The second kappa shape index (κ2) is 4.84. The van der Waals surface area contributed by atoms with E-state index in [4.69, 9.17) is 5.11 Å². The molecule has 1 unspecified atom stereocenters. The van der Waals surface area contributed by atoms with Gasteiger partial charge in [0.15, 0.2) is 0 Å². The number of carboxylic acids is 1. The van der Waals surface area contributed by atoms with E-state index in [2.05, 4.69) is 0 Å². The number of aliphatic carboxylic acids is 1. The lowest BCUT2D eigenvalue weighted by molar-refractivity contribution is -0.147. The molecule has 1 aliphatic heterocycles. The van der Waals surface area contributed by atoms with Crippen LogP contribution < -0.4 is 0 Å². The van der Waals surface area contributed by atoms with Crippen LogP contribution in [0.15, 0.2) is 0 Å². The molecule has 3 nitrogen and oxygen atoms in total. The summed E-state index contributed by atoms with van der Waals surface area (Å²) in [6.45, 7) is -0.776. The highest BCUT2D eigenvalue weighted by molar-refractivity contribution is 5.85. The van der Waals surface area contributed by atoms with Crippen molar-refractivity contribution in [1.29, 1.82) is 0 Å². The van der Waals surface area contributed by atoms with Crippen molar-refractivity contribution >= 4 is 18.4 Å². The zero-order valence-corrected chi connectivity index (χ0v) is 8.07. The fraction of sp³-hybridized carbons (Fsp3) is 0.857. The number of likely N-dealkylation sites (tertiary alicyclic amines) is 1. The maximum absolute atomic E-state index is 11.8. The molecule has 7 heteroatoms. The van der Waals surface area contributed by atoms with Crippen LogP contribution in [0, 0.1) is 5.92 Å². The van der Waals surface area contributed by atoms with E-state index in [0.29, 0.717) is 6.42 Å². The van der Waals surface area contributed by atoms with E-state index >= 15 is 0 Å². The molecule has 1 rings (SSSR count). The van der Waals surface area contributed by atoms with E-state index < -0.39 is 24.6 Å². The van der Waals surface area contributed by atoms with Crippen molar-refractivity contribution in [2.24, 2.45) is 5.92 Å². The Morgan fingerprint density at radius 1 is 1.50 bits per heavy atom. The van der Waals surface area contributed by atoms with Gasteiger partial charge in [0.1, 0.15) is 0 Å². The van der Waals surface area contributed by atoms with Gasteiger partial charge in [-0.05, 0) is 13.0 Å². The number of carboxylic acid groups (broad SMARTS) is 1. The lowest BCUT2D eigenvalue weighted by Crippen LogP contribution is -2.33. The maximum Gasteiger partial charge on any atom is 0.401 e. The van der Waals surface area contributed by atoms with Gasteiger partial charge in [0, 0.05) is 6.54 Å². The molecule has 0 aliphatic carbocycles. The van der Waals surface area contributed by atoms with E-state index in [9.17, 15) is 18.0 Å². The third-order valence-electron chi connectivity index (χ3n) is 2.02. The number of hydrogen-bond acceptors (Lipinski definition) is 2. The Kier molecular flexibility index (Phi) is 4.67. The fourth-order valence-electron chi connectivity index (χ4n) is 1.43. The molecule has 0 amide bonds. The Bertz CT molecular complexity index is 210. The Morgan fingerprint density at radius 2 is 2.07 bits per heavy atom. The molecule has 1 aliphatic rings. The van der Waals surface area contributed by atoms with Gasteiger partial charge in [0.25, 0.3) is 0 Å². The number of rotatable bonds is 2. The molecule has 14 heavy (non-hydrogen) atoms. The first-order chi connectivity index (χ1) is 5.88. The summed E-state index contributed by atoms with van der Waals surface area (Å²) in [5.74, 6) is -1.65. The average molecular weight is 234 g/mol. The third-order valence-corrected chi connectivity index (χ3v) is 2.02. The van der Waals surface area contributed by atoms with Crippen LogP contribution in [0.4, 0.5) is 13.2 Å². The standard InChI is InChI=1S/C7H10F3NO2.ClH/c8-7(9,10)4-11-2-1-5(3-11)6(12)13;/h5H,1-4H2,(H,12,13);1H. The topological polar surface area (TPSA) is 40.5 Å². The Hall–Kier alpha value is -0.490. The fourth-order valence-corrected chi connectivity index (χ4v) is 1.43. The normalized spacial score (nSPS) is 23.2. The molecule has 0 saturated carbocycles. The molecule has 0 radical (unpaired) electrons. The third kappa shape index (κ3) is 4.15. The van der Waals surface area contributed by atoms with Crippen LogP contribution in [0.3, 0.4) is 0 Å². The summed E-state index contributed by atoms with van der Waals surface area (Å²) in [7, 11) is 0. The Balaban J connectivity index is 0.00000169. The van der Waals surface area contributed by atoms with Gasteiger partial charge in [-0.15, -0.1) is 12.4 Å². The average Bonchev–Trinajstić information content (AvgIpc) is 2.31. The quantitative estimate of drug-likeness (QED) is 0.783. The van der Waals surface area contributed by atoms with Crippen molar-refractivity contribution in [1.82, 2.24) is 4.90 Å². The SMILES string of the molecule is Cl.O=C(O)C1CCN(CC(F)(F)F)C1. The van der Waals surface area contributed by atoms with Gasteiger partial charge in [-0.2, -0.15) is 13.2 Å². The van der Waals surface area contributed by atoms with Crippen molar-refractivity contribution in [3.63, 3.8) is 0 Å². The summed E-state index contributed by atoms with van der Waals surface area (Å²) in [5.41, 5.74) is 0. The highest BCUT2D eigenvalue weighted by Crippen LogP contribution is 2.22. The number of alkyl halides is 3. The number of hydrogen-bond donors (Lipinski definition) is 1. The molecule has 1 N–H and O–H groups in total. The predicted octanol–water partition coefficient (Wildman–Crippen LogP) is 1.38. The molecule has 1 heterocycles. The van der Waals surface area contributed by atoms with Gasteiger partial charge < -0.3 is 5.11 Å². The molecular weight excluding hydrogens is 223 g/mol. The summed E-state index contributed by atoms with van der Waals surface area (Å²) in [5, 5.41) is 8.52. The molecule has 0 aromatic carbocycles. The van der Waals surface area contributed by atoms with Gasteiger partial charge >= 0.3 is 12.1 Å². The minimum Gasteiger partial charge on any atom is -0.481 e. The van der Waals surface area contributed by atoms with Gasteiger partial charge in [0.05, 0.1) is 12.5 Å². The van der Waals surface area contributed by atoms with Crippen LogP contribution in [0.1, 0.15) is 6.42 Å². The molecule has 1 atom stereocenters. The summed E-state index contributed by atoms with van der Waals surface area (Å²) >= 11 is 0. The van der Waals surface area contributed by atoms with Crippen LogP contribution in [0.5, 0.6) is 0 Å². The van der Waals surface area contributed by atoms with Crippen molar-refractivity contribution in [3.05, 3.63) is 0 Å². The van der Waals surface area contributed by atoms with E-state index in [0.717, 1.165) is 4.90 Å². The highest BCUT2D eigenvalue weighted by atomic mass is 35.5. The van der Waals surface area contributed by atoms with Crippen molar-refractivity contribution in [2.75, 3.05) is 19.6 Å². The predicted molar refractivity (Wildman–Crippen MR) is 45.5 cm³/mol. The molecular formula is C7H11ClF3NO2. The molecule has 84 valence electrons. The number of nitrogens with zero attached hydrogens (tertiary/aromatic N) is 1. The van der Waals surface area contributed by atoms with E-state index in [1.807, 2.05) is 0 Å².